The van der Waals surface area contributed by atoms with Gasteiger partial charge in [-0.15, -0.1) is 0 Å². The van der Waals surface area contributed by atoms with Crippen LogP contribution in [-0.2, 0) is 26.1 Å². The van der Waals surface area contributed by atoms with Gasteiger partial charge in [0.15, 0.2) is 0 Å². The third kappa shape index (κ3) is 4.49. The Balaban J connectivity index is 2.66. The summed E-state index contributed by atoms with van der Waals surface area (Å²) in [5.41, 5.74) is 0.383. The maximum absolute atomic E-state index is 13.5. The molecule has 0 spiro atoms. The lowest BCUT2D eigenvalue weighted by atomic mass is 10.2. The van der Waals surface area contributed by atoms with Gasteiger partial charge in [-0.05, 0) is 12.1 Å². The lowest BCUT2D eigenvalue weighted by molar-refractivity contribution is -0.140. The Morgan fingerprint density at radius 2 is 2.22 bits per heavy atom. The molecule has 0 bridgehead atoms. The van der Waals surface area contributed by atoms with Crippen LogP contribution in [0.4, 0.5) is 4.39 Å². The van der Waals surface area contributed by atoms with Crippen LogP contribution in [0.3, 0.4) is 0 Å². The monoisotopic (exact) mass is 336 g/mol. The van der Waals surface area contributed by atoms with Crippen LogP contribution in [0.2, 0.25) is 0 Å². The average Bonchev–Trinajstić information content (AvgIpc) is 2.32. The lowest BCUT2D eigenvalue weighted by Crippen LogP contribution is -2.18. The van der Waals surface area contributed by atoms with E-state index in [0.29, 0.717) is 10.0 Å². The fraction of sp³-hybridized carbons (Fsp3) is 0.417. The van der Waals surface area contributed by atoms with Crippen molar-refractivity contribution in [1.29, 1.82) is 0 Å². The molecule has 0 heterocycles. The predicted octanol–water partition coefficient (Wildman–Crippen LogP) is 2.79. The zero-order valence-electron chi connectivity index (χ0n) is 10.1. The van der Waals surface area contributed by atoms with Crippen LogP contribution in [0.25, 0.3) is 0 Å². The van der Waals surface area contributed by atoms with Crippen LogP contribution in [0, 0.1) is 5.82 Å². The minimum atomic E-state index is -1.31. The first-order valence-electron chi connectivity index (χ1n) is 5.32. The molecule has 6 heteroatoms. The van der Waals surface area contributed by atoms with Gasteiger partial charge >= 0.3 is 5.97 Å². The number of ether oxygens (including phenoxy) is 1. The van der Waals surface area contributed by atoms with Crippen molar-refractivity contribution in [2.24, 2.45) is 0 Å². The molecule has 1 rings (SSSR count). The second-order valence-corrected chi connectivity index (χ2v) is 6.62. The molecule has 0 saturated carbocycles. The number of esters is 1. The predicted molar refractivity (Wildman–Crippen MR) is 72.0 cm³/mol. The molecule has 0 aromatic heterocycles. The summed E-state index contributed by atoms with van der Waals surface area (Å²) in [7, 11) is -0.0269. The highest BCUT2D eigenvalue weighted by Crippen LogP contribution is 2.18. The molecule has 0 fully saturated rings. The van der Waals surface area contributed by atoms with Crippen molar-refractivity contribution < 1.29 is 18.1 Å². The Kier molecular flexibility index (Phi) is 5.95. The molecule has 100 valence electrons. The Hall–Kier alpha value is -0.750. The zero-order valence-corrected chi connectivity index (χ0v) is 12.5. The molecule has 0 radical (unpaired) electrons. The molecule has 2 atom stereocenters. The third-order valence-electron chi connectivity index (χ3n) is 2.44. The number of benzene rings is 1. The van der Waals surface area contributed by atoms with E-state index in [1.165, 1.54) is 13.2 Å². The molecule has 0 aliphatic heterocycles. The SMILES string of the molecule is COC(=O)CC(C)S(=O)Cc1ccc(Br)cc1F. The molecule has 0 amide bonds. The van der Waals surface area contributed by atoms with Crippen LogP contribution >= 0.6 is 15.9 Å². The van der Waals surface area contributed by atoms with Gasteiger partial charge in [0.2, 0.25) is 0 Å². The number of hydrogen-bond acceptors (Lipinski definition) is 3. The summed E-state index contributed by atoms with van der Waals surface area (Å²) in [4.78, 5) is 11.1. The van der Waals surface area contributed by atoms with Crippen molar-refractivity contribution in [1.82, 2.24) is 0 Å². The Bertz CT molecular complexity index is 465. The Labute approximate surface area is 116 Å². The minimum Gasteiger partial charge on any atom is -0.469 e. The first-order valence-corrected chi connectivity index (χ1v) is 7.49. The van der Waals surface area contributed by atoms with Gasteiger partial charge < -0.3 is 4.74 Å². The molecule has 2 unspecified atom stereocenters. The second-order valence-electron chi connectivity index (χ2n) is 3.85. The summed E-state index contributed by atoms with van der Waals surface area (Å²) >= 11 is 3.16. The van der Waals surface area contributed by atoms with Gasteiger partial charge in [-0.25, -0.2) is 4.39 Å². The molecular weight excluding hydrogens is 323 g/mol. The lowest BCUT2D eigenvalue weighted by Gasteiger charge is -2.10. The molecule has 1 aromatic carbocycles. The maximum atomic E-state index is 13.5. The highest BCUT2D eigenvalue weighted by atomic mass is 79.9. The normalized spacial score (nSPS) is 14.0. The summed E-state index contributed by atoms with van der Waals surface area (Å²) in [6.45, 7) is 1.68. The maximum Gasteiger partial charge on any atom is 0.306 e. The fourth-order valence-electron chi connectivity index (χ4n) is 1.35. The highest BCUT2D eigenvalue weighted by molar-refractivity contribution is 9.10. The van der Waals surface area contributed by atoms with Gasteiger partial charge in [0, 0.05) is 26.1 Å². The van der Waals surface area contributed by atoms with Crippen molar-refractivity contribution >= 4 is 32.7 Å². The van der Waals surface area contributed by atoms with Crippen LogP contribution in [0.15, 0.2) is 22.7 Å². The van der Waals surface area contributed by atoms with Gasteiger partial charge in [0.05, 0.1) is 19.3 Å². The topological polar surface area (TPSA) is 43.4 Å². The zero-order chi connectivity index (χ0) is 13.7. The molecule has 0 aliphatic rings. The number of hydrogen-bond donors (Lipinski definition) is 0. The van der Waals surface area contributed by atoms with Gasteiger partial charge in [-0.2, -0.15) is 0 Å². The van der Waals surface area contributed by atoms with Gasteiger partial charge in [-0.3, -0.25) is 9.00 Å². The summed E-state index contributed by atoms with van der Waals surface area (Å²) in [6, 6.07) is 4.61. The van der Waals surface area contributed by atoms with Gasteiger partial charge in [0.25, 0.3) is 0 Å². The first-order chi connectivity index (χ1) is 8.43. The third-order valence-corrected chi connectivity index (χ3v) is 4.60. The average molecular weight is 337 g/mol. The van der Waals surface area contributed by atoms with Crippen molar-refractivity contribution in [3.63, 3.8) is 0 Å². The fourth-order valence-corrected chi connectivity index (χ4v) is 2.83. The minimum absolute atomic E-state index is 0.0707. The summed E-state index contributed by atoms with van der Waals surface area (Å²) < 4.78 is 30.6. The number of halogens is 2. The van der Waals surface area contributed by atoms with E-state index in [1.807, 2.05) is 0 Å². The molecule has 0 N–H and O–H groups in total. The largest absolute Gasteiger partial charge is 0.469 e. The molecule has 1 aromatic rings. The van der Waals surface area contributed by atoms with E-state index in [-0.39, 0.29) is 17.4 Å². The van der Waals surface area contributed by atoms with E-state index < -0.39 is 22.6 Å². The molecular formula is C12H14BrFO3S. The van der Waals surface area contributed by atoms with Crippen molar-refractivity contribution in [3.05, 3.63) is 34.1 Å². The second kappa shape index (κ2) is 6.99. The Morgan fingerprint density at radius 3 is 2.78 bits per heavy atom. The van der Waals surface area contributed by atoms with Crippen LogP contribution in [0.5, 0.6) is 0 Å². The smallest absolute Gasteiger partial charge is 0.306 e. The van der Waals surface area contributed by atoms with Gasteiger partial charge in [0.1, 0.15) is 5.82 Å². The van der Waals surface area contributed by atoms with Crippen LogP contribution < -0.4 is 0 Å². The number of rotatable bonds is 5. The molecule has 0 aliphatic carbocycles. The van der Waals surface area contributed by atoms with E-state index >= 15 is 0 Å². The number of carbonyl (C=O) groups is 1. The first kappa shape index (κ1) is 15.3. The Morgan fingerprint density at radius 1 is 1.56 bits per heavy atom. The van der Waals surface area contributed by atoms with E-state index in [4.69, 9.17) is 0 Å². The molecule has 0 saturated heterocycles. The van der Waals surface area contributed by atoms with Crippen LogP contribution in [0.1, 0.15) is 18.9 Å². The van der Waals surface area contributed by atoms with Crippen molar-refractivity contribution in [2.45, 2.75) is 24.3 Å². The summed E-state index contributed by atoms with van der Waals surface area (Å²) in [6.07, 6.45) is 0.0707. The van der Waals surface area contributed by atoms with E-state index in [0.717, 1.165) is 0 Å². The summed E-state index contributed by atoms with van der Waals surface area (Å²) in [5, 5.41) is -0.361. The molecule has 18 heavy (non-hydrogen) atoms. The van der Waals surface area contributed by atoms with Crippen molar-refractivity contribution in [2.75, 3.05) is 7.11 Å². The van der Waals surface area contributed by atoms with E-state index in [9.17, 15) is 13.4 Å². The quantitative estimate of drug-likeness (QED) is 0.776. The van der Waals surface area contributed by atoms with E-state index in [1.54, 1.807) is 19.1 Å². The molecule has 3 nitrogen and oxygen atoms in total. The van der Waals surface area contributed by atoms with Crippen molar-refractivity contribution in [3.8, 4) is 0 Å². The standard InChI is InChI=1S/C12H14BrFO3S/c1-8(5-12(15)17-2)18(16)7-9-3-4-10(13)6-11(9)14/h3-4,6,8H,5,7H2,1-2H3. The van der Waals surface area contributed by atoms with Crippen LogP contribution in [-0.4, -0.2) is 22.5 Å². The van der Waals surface area contributed by atoms with Gasteiger partial charge in [-0.1, -0.05) is 28.9 Å². The van der Waals surface area contributed by atoms with E-state index in [2.05, 4.69) is 20.7 Å². The number of carbonyl (C=O) groups excluding carboxylic acids is 1. The number of methoxy groups -OCH3 is 1. The summed E-state index contributed by atoms with van der Waals surface area (Å²) in [5.74, 6) is -0.716. The highest BCUT2D eigenvalue weighted by Gasteiger charge is 2.17.